The summed E-state index contributed by atoms with van der Waals surface area (Å²) >= 11 is 0. The van der Waals surface area contributed by atoms with Gasteiger partial charge >= 0.3 is 0 Å². The Kier molecular flexibility index (Phi) is 18.8. The Bertz CT molecular complexity index is 3150. The lowest BCUT2D eigenvalue weighted by atomic mass is 9.96. The van der Waals surface area contributed by atoms with E-state index in [-0.39, 0.29) is 11.5 Å². The molecular formula is C66H62N12O2. The molecule has 14 nitrogen and oxygen atoms in total. The van der Waals surface area contributed by atoms with Gasteiger partial charge in [0.25, 0.3) is 0 Å². The summed E-state index contributed by atoms with van der Waals surface area (Å²) in [4.78, 5) is 46.9. The Morgan fingerprint density at radius 1 is 0.237 bits per heavy atom. The molecule has 0 amide bonds. The van der Waals surface area contributed by atoms with E-state index in [1.54, 1.807) is 36.9 Å². The largest absolute Gasteiger partial charge is 0.508 e. The highest BCUT2D eigenvalue weighted by Crippen LogP contribution is 2.32. The van der Waals surface area contributed by atoms with Crippen LogP contribution in [0.5, 0.6) is 11.5 Å². The van der Waals surface area contributed by atoms with Gasteiger partial charge in [-0.2, -0.15) is 0 Å². The molecule has 0 aliphatic carbocycles. The molecule has 0 saturated heterocycles. The van der Waals surface area contributed by atoms with Crippen molar-refractivity contribution in [2.45, 2.75) is 78.5 Å². The summed E-state index contributed by atoms with van der Waals surface area (Å²) < 4.78 is 0. The Hall–Kier alpha value is -9.36. The summed E-state index contributed by atoms with van der Waals surface area (Å²) in [6.07, 6.45) is 14.5. The first-order chi connectivity index (χ1) is 39.4. The average molecular weight is 1060 g/mol. The lowest BCUT2D eigenvalue weighted by Gasteiger charge is -2.28. The molecule has 0 aliphatic rings. The molecule has 398 valence electrons. The molecule has 0 unspecified atom stereocenters. The monoisotopic (exact) mass is 1050 g/mol. The van der Waals surface area contributed by atoms with Gasteiger partial charge in [0.05, 0.1) is 45.6 Å². The number of nitrogens with zero attached hydrogens (tertiary/aromatic N) is 12. The van der Waals surface area contributed by atoms with Crippen LogP contribution in [0.25, 0.3) is 0 Å². The van der Waals surface area contributed by atoms with Gasteiger partial charge in [0.15, 0.2) is 0 Å². The summed E-state index contributed by atoms with van der Waals surface area (Å²) in [5, 5.41) is 24.4. The fraction of sp³-hybridized carbons (Fsp3) is 0.182. The van der Waals surface area contributed by atoms with Gasteiger partial charge in [0.2, 0.25) is 0 Å². The maximum atomic E-state index is 12.2. The van der Waals surface area contributed by atoms with Crippen LogP contribution in [0.15, 0.2) is 219 Å². The van der Waals surface area contributed by atoms with Gasteiger partial charge in [0.1, 0.15) is 11.5 Å². The predicted molar refractivity (Wildman–Crippen MR) is 308 cm³/mol. The van der Waals surface area contributed by atoms with Crippen molar-refractivity contribution < 1.29 is 10.2 Å². The van der Waals surface area contributed by atoms with Crippen molar-refractivity contribution in [2.24, 2.45) is 0 Å². The van der Waals surface area contributed by atoms with E-state index in [9.17, 15) is 10.2 Å². The van der Waals surface area contributed by atoms with Gasteiger partial charge < -0.3 is 10.2 Å². The molecule has 14 heteroatoms. The Labute approximate surface area is 467 Å². The van der Waals surface area contributed by atoms with Crippen LogP contribution in [0.4, 0.5) is 0 Å². The molecule has 0 bridgehead atoms. The first-order valence-corrected chi connectivity index (χ1v) is 26.7. The van der Waals surface area contributed by atoms with Crippen LogP contribution in [0.1, 0.15) is 78.9 Å². The van der Waals surface area contributed by atoms with Crippen molar-refractivity contribution in [3.05, 3.63) is 298 Å². The summed E-state index contributed by atoms with van der Waals surface area (Å²) in [6.45, 7) is 5.55. The van der Waals surface area contributed by atoms with Crippen LogP contribution in [-0.4, -0.2) is 69.7 Å². The van der Waals surface area contributed by atoms with E-state index < -0.39 is 0 Å². The van der Waals surface area contributed by atoms with Crippen molar-refractivity contribution in [1.82, 2.24) is 59.5 Å². The van der Waals surface area contributed by atoms with Gasteiger partial charge in [-0.05, 0) is 132 Å². The predicted octanol–water partition coefficient (Wildman–Crippen LogP) is 10.5. The van der Waals surface area contributed by atoms with E-state index in [1.807, 2.05) is 183 Å². The third-order valence-electron chi connectivity index (χ3n) is 13.6. The lowest BCUT2D eigenvalue weighted by molar-refractivity contribution is 0.225. The van der Waals surface area contributed by atoms with Gasteiger partial charge in [-0.1, -0.05) is 60.4 Å². The van der Waals surface area contributed by atoms with Crippen LogP contribution in [0.3, 0.4) is 0 Å². The topological polar surface area (TPSA) is 157 Å². The SMILES string of the molecule is Oc1ccc(C#Cc2ccc(O)c(CN(Cc3ccccn3)Cc3ccccn3)c2CN(Cc2ccccn2)Cc2ccccn2)c(CN(Cc2ccccn2)Cc2ccccn2)c1CN(Cc1ccccn1)Cc1ccccn1. The molecule has 0 fully saturated rings. The first-order valence-electron chi connectivity index (χ1n) is 26.7. The Balaban J connectivity index is 1.11. The third kappa shape index (κ3) is 15.7. The van der Waals surface area contributed by atoms with E-state index >= 15 is 0 Å². The molecule has 2 aromatic carbocycles. The van der Waals surface area contributed by atoms with Gasteiger partial charge in [-0.25, -0.2) is 0 Å². The minimum atomic E-state index is 0.154. The number of hydrogen-bond donors (Lipinski definition) is 2. The second-order valence-electron chi connectivity index (χ2n) is 19.6. The minimum Gasteiger partial charge on any atom is -0.508 e. The number of aromatic nitrogens is 8. The average Bonchev–Trinajstić information content (AvgIpc) is 3.53. The highest BCUT2D eigenvalue weighted by molar-refractivity contribution is 5.57. The molecule has 0 radical (unpaired) electrons. The molecule has 0 spiro atoms. The van der Waals surface area contributed by atoms with Crippen LogP contribution in [-0.2, 0) is 78.5 Å². The van der Waals surface area contributed by atoms with E-state index in [0.29, 0.717) is 78.5 Å². The number of benzene rings is 2. The van der Waals surface area contributed by atoms with Crippen molar-refractivity contribution in [3.8, 4) is 23.3 Å². The highest BCUT2D eigenvalue weighted by Gasteiger charge is 2.24. The molecule has 0 atom stereocenters. The van der Waals surface area contributed by atoms with Gasteiger partial charge in [0, 0.05) is 150 Å². The van der Waals surface area contributed by atoms with Crippen LogP contribution in [0, 0.1) is 11.8 Å². The molecule has 8 heterocycles. The fourth-order valence-electron chi connectivity index (χ4n) is 9.78. The van der Waals surface area contributed by atoms with Crippen LogP contribution >= 0.6 is 0 Å². The maximum absolute atomic E-state index is 12.2. The summed E-state index contributed by atoms with van der Waals surface area (Å²) in [6, 6.07) is 54.8. The zero-order valence-corrected chi connectivity index (χ0v) is 44.5. The van der Waals surface area contributed by atoms with E-state index in [0.717, 1.165) is 78.9 Å². The summed E-state index contributed by atoms with van der Waals surface area (Å²) in [5.74, 6) is 7.66. The van der Waals surface area contributed by atoms with E-state index in [2.05, 4.69) is 31.4 Å². The molecular weight excluding hydrogens is 993 g/mol. The molecule has 0 aliphatic heterocycles. The number of aromatic hydroxyl groups is 2. The smallest absolute Gasteiger partial charge is 0.120 e. The number of rotatable bonds is 24. The van der Waals surface area contributed by atoms with Crippen molar-refractivity contribution in [1.29, 1.82) is 0 Å². The second kappa shape index (κ2) is 27.8. The maximum Gasteiger partial charge on any atom is 0.120 e. The standard InChI is InChI=1S/C66H62N12O2/c79-65-29-27-51(61(47-75(39-53-17-1-9-31-67-53)40-54-18-2-10-32-68-54)63(65)49-77(43-57-21-5-13-35-71-57)44-58-22-6-14-36-72-58)25-26-52-28-30-66(80)64(50-78(45-59-23-7-15-37-73-59)46-60-24-8-16-38-74-60)62(52)48-76(41-55-19-3-11-33-69-55)42-56-20-4-12-34-70-56/h1-24,27-38,79-80H,39-50H2. The highest BCUT2D eigenvalue weighted by atomic mass is 16.3. The Morgan fingerprint density at radius 2 is 0.438 bits per heavy atom. The quantitative estimate of drug-likeness (QED) is 0.0551. The number of hydrogen-bond acceptors (Lipinski definition) is 14. The normalized spacial score (nSPS) is 11.3. The van der Waals surface area contributed by atoms with Crippen LogP contribution in [0.2, 0.25) is 0 Å². The number of phenolic OH excluding ortho intramolecular Hbond substituents is 2. The molecule has 2 N–H and O–H groups in total. The summed E-state index contributed by atoms with van der Waals surface area (Å²) in [7, 11) is 0. The zero-order chi connectivity index (χ0) is 54.6. The fourth-order valence-corrected chi connectivity index (χ4v) is 9.78. The lowest BCUT2D eigenvalue weighted by Crippen LogP contribution is -2.27. The van der Waals surface area contributed by atoms with Gasteiger partial charge in [-0.15, -0.1) is 0 Å². The number of pyridine rings is 8. The molecule has 8 aromatic heterocycles. The third-order valence-corrected chi connectivity index (χ3v) is 13.6. The minimum absolute atomic E-state index is 0.154. The second-order valence-corrected chi connectivity index (χ2v) is 19.6. The molecule has 0 saturated carbocycles. The first kappa shape index (κ1) is 54.0. The number of phenols is 2. The molecule has 80 heavy (non-hydrogen) atoms. The van der Waals surface area contributed by atoms with Crippen molar-refractivity contribution in [2.75, 3.05) is 0 Å². The summed E-state index contributed by atoms with van der Waals surface area (Å²) in [5.41, 5.74) is 11.8. The Morgan fingerprint density at radius 3 is 0.625 bits per heavy atom. The molecule has 10 rings (SSSR count). The van der Waals surface area contributed by atoms with Crippen molar-refractivity contribution in [3.63, 3.8) is 0 Å². The van der Waals surface area contributed by atoms with E-state index in [4.69, 9.17) is 39.9 Å². The van der Waals surface area contributed by atoms with E-state index in [1.165, 1.54) is 0 Å². The van der Waals surface area contributed by atoms with Crippen LogP contribution < -0.4 is 0 Å². The molecule has 10 aromatic rings. The van der Waals surface area contributed by atoms with Gasteiger partial charge in [-0.3, -0.25) is 59.5 Å². The zero-order valence-electron chi connectivity index (χ0n) is 44.5. The van der Waals surface area contributed by atoms with Crippen molar-refractivity contribution >= 4 is 0 Å².